The molecule has 6 heteroatoms. The van der Waals surface area contributed by atoms with Crippen molar-refractivity contribution in [3.8, 4) is 0 Å². The molecule has 1 aliphatic heterocycles. The second-order valence-corrected chi connectivity index (χ2v) is 6.00. The number of pyridine rings is 2. The Bertz CT molecular complexity index is 848. The molecule has 130 valence electrons. The zero-order valence-electron chi connectivity index (χ0n) is 14.3. The van der Waals surface area contributed by atoms with Gasteiger partial charge in [-0.3, -0.25) is 9.97 Å². The molecule has 0 amide bonds. The number of hydrogen-bond donors (Lipinski definition) is 0. The number of halogens is 2. The molecule has 3 rings (SSSR count). The molecular formula is C19H19F2N3O. The summed E-state index contributed by atoms with van der Waals surface area (Å²) in [5.41, 5.74) is 3.25. The summed E-state index contributed by atoms with van der Waals surface area (Å²) in [5.74, 6) is -0.775. The van der Waals surface area contributed by atoms with Gasteiger partial charge in [0.2, 0.25) is 0 Å². The Morgan fingerprint density at radius 2 is 2.04 bits per heavy atom. The van der Waals surface area contributed by atoms with Crippen molar-refractivity contribution in [3.05, 3.63) is 77.2 Å². The van der Waals surface area contributed by atoms with Gasteiger partial charge in [-0.1, -0.05) is 0 Å². The van der Waals surface area contributed by atoms with Crippen molar-refractivity contribution in [2.45, 2.75) is 33.4 Å². The van der Waals surface area contributed by atoms with Crippen LogP contribution < -0.4 is 4.90 Å². The normalized spacial score (nSPS) is 17.2. The number of allylic oxidation sites excluding steroid dienone is 2. The smallest absolute Gasteiger partial charge is 0.151 e. The highest BCUT2D eigenvalue weighted by atomic mass is 19.1. The molecule has 1 unspecified atom stereocenters. The van der Waals surface area contributed by atoms with Crippen LogP contribution in [0.3, 0.4) is 0 Å². The Labute approximate surface area is 145 Å². The van der Waals surface area contributed by atoms with Gasteiger partial charge in [-0.2, -0.15) is 0 Å². The second kappa shape index (κ2) is 7.01. The van der Waals surface area contributed by atoms with Crippen LogP contribution in [0.1, 0.15) is 25.1 Å². The number of nitrogens with zero attached hydrogens (tertiary/aromatic N) is 3. The van der Waals surface area contributed by atoms with E-state index >= 15 is 0 Å². The van der Waals surface area contributed by atoms with Crippen LogP contribution in [0, 0.1) is 18.6 Å². The van der Waals surface area contributed by atoms with Crippen molar-refractivity contribution in [3.63, 3.8) is 0 Å². The Balaban J connectivity index is 1.75. The van der Waals surface area contributed by atoms with Crippen molar-refractivity contribution in [2.75, 3.05) is 4.90 Å². The molecule has 0 N–H and O–H groups in total. The van der Waals surface area contributed by atoms with E-state index < -0.39 is 11.6 Å². The molecule has 25 heavy (non-hydrogen) atoms. The predicted octanol–water partition coefficient (Wildman–Crippen LogP) is 4.28. The maximum atomic E-state index is 13.7. The first-order valence-corrected chi connectivity index (χ1v) is 7.98. The molecule has 0 spiro atoms. The van der Waals surface area contributed by atoms with Gasteiger partial charge in [0.1, 0.15) is 23.9 Å². The summed E-state index contributed by atoms with van der Waals surface area (Å²) in [7, 11) is 0. The number of aryl methyl sites for hydroxylation is 1. The fourth-order valence-corrected chi connectivity index (χ4v) is 2.89. The van der Waals surface area contributed by atoms with E-state index in [0.29, 0.717) is 5.76 Å². The molecule has 0 bridgehead atoms. The highest BCUT2D eigenvalue weighted by Crippen LogP contribution is 2.30. The van der Waals surface area contributed by atoms with Crippen LogP contribution in [-0.2, 0) is 11.3 Å². The lowest BCUT2D eigenvalue weighted by Gasteiger charge is -2.34. The molecule has 0 aliphatic carbocycles. The molecule has 2 aromatic heterocycles. The van der Waals surface area contributed by atoms with Crippen LogP contribution in [0.15, 0.2) is 54.3 Å². The Morgan fingerprint density at radius 1 is 1.24 bits per heavy atom. The fourth-order valence-electron chi connectivity index (χ4n) is 2.89. The summed E-state index contributed by atoms with van der Waals surface area (Å²) in [5, 5.41) is 0. The SMILES string of the molecule is CC1=CC(OCc2ncc(F)cc2F)=CC(C)N1c1ccncc1C. The van der Waals surface area contributed by atoms with Gasteiger partial charge < -0.3 is 9.64 Å². The molecule has 1 atom stereocenters. The third-order valence-corrected chi connectivity index (χ3v) is 4.05. The summed E-state index contributed by atoms with van der Waals surface area (Å²) in [6.07, 6.45) is 8.42. The molecule has 0 saturated carbocycles. The lowest BCUT2D eigenvalue weighted by Crippen LogP contribution is -2.33. The van der Waals surface area contributed by atoms with Gasteiger partial charge in [0.25, 0.3) is 0 Å². The molecular weight excluding hydrogens is 324 g/mol. The molecule has 1 aliphatic rings. The van der Waals surface area contributed by atoms with Gasteiger partial charge in [0, 0.05) is 29.8 Å². The minimum Gasteiger partial charge on any atom is -0.487 e. The van der Waals surface area contributed by atoms with Crippen LogP contribution in [-0.4, -0.2) is 16.0 Å². The summed E-state index contributed by atoms with van der Waals surface area (Å²) in [6.45, 7) is 6.00. The molecule has 0 aromatic carbocycles. The number of rotatable bonds is 4. The monoisotopic (exact) mass is 343 g/mol. The van der Waals surface area contributed by atoms with Crippen LogP contribution in [0.5, 0.6) is 0 Å². The summed E-state index contributed by atoms with van der Waals surface area (Å²) >= 11 is 0. The molecule has 0 saturated heterocycles. The van der Waals surface area contributed by atoms with Crippen LogP contribution in [0.25, 0.3) is 0 Å². The number of ether oxygens (including phenoxy) is 1. The predicted molar refractivity (Wildman–Crippen MR) is 91.7 cm³/mol. The van der Waals surface area contributed by atoms with Crippen LogP contribution >= 0.6 is 0 Å². The summed E-state index contributed by atoms with van der Waals surface area (Å²) in [4.78, 5) is 10.0. The van der Waals surface area contributed by atoms with E-state index in [-0.39, 0.29) is 18.3 Å². The first-order chi connectivity index (χ1) is 12.0. The quantitative estimate of drug-likeness (QED) is 0.831. The maximum Gasteiger partial charge on any atom is 0.151 e. The van der Waals surface area contributed by atoms with E-state index in [1.807, 2.05) is 38.3 Å². The number of aromatic nitrogens is 2. The molecule has 0 fully saturated rings. The van der Waals surface area contributed by atoms with Crippen molar-refractivity contribution in [2.24, 2.45) is 0 Å². The van der Waals surface area contributed by atoms with Gasteiger partial charge in [0.05, 0.1) is 12.2 Å². The third kappa shape index (κ3) is 3.68. The van der Waals surface area contributed by atoms with E-state index in [0.717, 1.165) is 29.2 Å². The molecule has 2 aromatic rings. The van der Waals surface area contributed by atoms with Gasteiger partial charge >= 0.3 is 0 Å². The molecule has 3 heterocycles. The Morgan fingerprint density at radius 3 is 2.72 bits per heavy atom. The van der Waals surface area contributed by atoms with E-state index in [1.165, 1.54) is 0 Å². The summed E-state index contributed by atoms with van der Waals surface area (Å²) in [6, 6.07) is 2.84. The minimum atomic E-state index is -0.709. The zero-order valence-corrected chi connectivity index (χ0v) is 14.3. The highest BCUT2D eigenvalue weighted by molar-refractivity contribution is 5.59. The first-order valence-electron chi connectivity index (χ1n) is 7.98. The molecule has 4 nitrogen and oxygen atoms in total. The van der Waals surface area contributed by atoms with Gasteiger partial charge in [-0.25, -0.2) is 8.78 Å². The van der Waals surface area contributed by atoms with E-state index in [2.05, 4.69) is 21.8 Å². The highest BCUT2D eigenvalue weighted by Gasteiger charge is 2.21. The van der Waals surface area contributed by atoms with E-state index in [1.54, 1.807) is 6.20 Å². The maximum absolute atomic E-state index is 13.7. The topological polar surface area (TPSA) is 38.2 Å². The van der Waals surface area contributed by atoms with Gasteiger partial charge in [-0.05, 0) is 44.6 Å². The van der Waals surface area contributed by atoms with Crippen molar-refractivity contribution in [1.82, 2.24) is 9.97 Å². The van der Waals surface area contributed by atoms with Gasteiger partial charge in [0.15, 0.2) is 5.82 Å². The lowest BCUT2D eigenvalue weighted by molar-refractivity contribution is 0.200. The summed E-state index contributed by atoms with van der Waals surface area (Å²) < 4.78 is 32.2. The number of hydrogen-bond acceptors (Lipinski definition) is 4. The minimum absolute atomic E-state index is 0.0528. The standard InChI is InChI=1S/C19H19F2N3O/c1-12-9-22-5-4-19(12)24-13(2)6-16(7-14(24)3)25-11-18-17(21)8-15(20)10-23-18/h4-10,13H,11H2,1-3H3. The fraction of sp³-hybridized carbons (Fsp3) is 0.263. The average Bonchev–Trinajstić information content (AvgIpc) is 2.55. The molecule has 0 radical (unpaired) electrons. The largest absolute Gasteiger partial charge is 0.487 e. The number of anilines is 1. The first kappa shape index (κ1) is 17.1. The van der Waals surface area contributed by atoms with Crippen molar-refractivity contribution < 1.29 is 13.5 Å². The lowest BCUT2D eigenvalue weighted by atomic mass is 10.1. The van der Waals surface area contributed by atoms with Crippen LogP contribution in [0.2, 0.25) is 0 Å². The van der Waals surface area contributed by atoms with E-state index in [9.17, 15) is 8.78 Å². The van der Waals surface area contributed by atoms with Crippen LogP contribution in [0.4, 0.5) is 14.5 Å². The van der Waals surface area contributed by atoms with Crippen molar-refractivity contribution in [1.29, 1.82) is 0 Å². The zero-order chi connectivity index (χ0) is 18.0. The van der Waals surface area contributed by atoms with Gasteiger partial charge in [-0.15, -0.1) is 0 Å². The third-order valence-electron chi connectivity index (χ3n) is 4.05. The van der Waals surface area contributed by atoms with E-state index in [4.69, 9.17) is 4.74 Å². The average molecular weight is 343 g/mol. The Kier molecular flexibility index (Phi) is 4.79. The van der Waals surface area contributed by atoms with Crippen molar-refractivity contribution >= 4 is 5.69 Å². The Hall–Kier alpha value is -2.76. The second-order valence-electron chi connectivity index (χ2n) is 6.00.